The quantitative estimate of drug-likeness (QED) is 0.374. The number of carbonyl (C=O) groups excluding carboxylic acids is 2. The Kier molecular flexibility index (Phi) is 7.08. The molecule has 1 saturated heterocycles. The number of hydrogen-bond acceptors (Lipinski definition) is 6. The van der Waals surface area contributed by atoms with E-state index in [-0.39, 0.29) is 21.9 Å². The fourth-order valence-corrected chi connectivity index (χ4v) is 3.86. The van der Waals surface area contributed by atoms with Crippen LogP contribution in [0.15, 0.2) is 40.3 Å². The highest BCUT2D eigenvalue weighted by molar-refractivity contribution is 6.46. The number of carbonyl (C=O) groups is 2. The summed E-state index contributed by atoms with van der Waals surface area (Å²) < 4.78 is 11.3. The zero-order valence-corrected chi connectivity index (χ0v) is 18.9. The van der Waals surface area contributed by atoms with E-state index in [1.807, 2.05) is 25.9 Å². The summed E-state index contributed by atoms with van der Waals surface area (Å²) in [7, 11) is 3.88. The van der Waals surface area contributed by atoms with Crippen molar-refractivity contribution in [3.63, 3.8) is 0 Å². The first kappa shape index (κ1) is 22.9. The number of Topliss-reactive ketones (excluding diaryl/α,β-unsaturated/α-hetero) is 1. The summed E-state index contributed by atoms with van der Waals surface area (Å²) in [5, 5.41) is 11.4. The number of likely N-dealkylation sites (tertiary alicyclic amines) is 1. The van der Waals surface area contributed by atoms with Crippen LogP contribution in [0.4, 0.5) is 0 Å². The summed E-state index contributed by atoms with van der Waals surface area (Å²) in [5.74, 6) is -0.223. The maximum atomic E-state index is 13.0. The predicted molar refractivity (Wildman–Crippen MR) is 118 cm³/mol. The lowest BCUT2D eigenvalue weighted by molar-refractivity contribution is -0.140. The van der Waals surface area contributed by atoms with Gasteiger partial charge in [0.1, 0.15) is 29.1 Å². The maximum Gasteiger partial charge on any atom is 0.295 e. The number of hydrogen-bond donors (Lipinski definition) is 1. The van der Waals surface area contributed by atoms with Crippen LogP contribution in [0.5, 0.6) is 5.75 Å². The average Bonchev–Trinajstić information content (AvgIpc) is 3.25. The Balaban J connectivity index is 2.10. The number of rotatable bonds is 8. The number of amides is 1. The van der Waals surface area contributed by atoms with Crippen molar-refractivity contribution < 1.29 is 23.8 Å². The van der Waals surface area contributed by atoms with Gasteiger partial charge in [-0.25, -0.2) is 0 Å². The molecule has 1 aromatic heterocycles. The van der Waals surface area contributed by atoms with Gasteiger partial charge in [0.05, 0.1) is 17.2 Å². The Morgan fingerprint density at radius 1 is 1.26 bits per heavy atom. The van der Waals surface area contributed by atoms with Crippen molar-refractivity contribution in [3.05, 3.63) is 58.0 Å². The molecule has 1 fully saturated rings. The molecule has 0 saturated carbocycles. The minimum Gasteiger partial charge on any atom is -0.507 e. The number of aliphatic hydroxyl groups is 1. The molecule has 0 radical (unpaired) electrons. The fourth-order valence-electron chi connectivity index (χ4n) is 3.65. The first-order valence-corrected chi connectivity index (χ1v) is 10.5. The van der Waals surface area contributed by atoms with Crippen molar-refractivity contribution in [1.29, 1.82) is 0 Å². The molecule has 0 bridgehead atoms. The molecule has 7 nitrogen and oxygen atoms in total. The minimum atomic E-state index is -0.831. The Morgan fingerprint density at radius 2 is 2.00 bits per heavy atom. The van der Waals surface area contributed by atoms with E-state index in [1.54, 1.807) is 37.3 Å². The third-order valence-corrected chi connectivity index (χ3v) is 5.41. The fraction of sp³-hybridized carbons (Fsp3) is 0.391. The first-order valence-electron chi connectivity index (χ1n) is 10.2. The molecule has 166 valence electrons. The maximum absolute atomic E-state index is 13.0. The number of halogens is 1. The zero-order valence-electron chi connectivity index (χ0n) is 18.1. The van der Waals surface area contributed by atoms with E-state index < -0.39 is 17.7 Å². The molecule has 1 aliphatic rings. The smallest absolute Gasteiger partial charge is 0.295 e. The second-order valence-electron chi connectivity index (χ2n) is 7.67. The number of ketones is 1. The standard InChI is InChI=1S/C23H27ClN2O5/c1-5-30-15-8-9-17(24)16(13-15)21(27)19-20(18-10-7-14(2)31-18)26(23(29)22(19)28)12-6-11-25(3)4/h7-10,13,20,27H,5-6,11-12H2,1-4H3/b21-19+. The summed E-state index contributed by atoms with van der Waals surface area (Å²) >= 11 is 6.32. The minimum absolute atomic E-state index is 0.0419. The summed E-state index contributed by atoms with van der Waals surface area (Å²) in [4.78, 5) is 29.4. The molecular weight excluding hydrogens is 420 g/mol. The molecule has 1 aliphatic heterocycles. The first-order chi connectivity index (χ1) is 14.7. The van der Waals surface area contributed by atoms with Crippen molar-refractivity contribution in [2.75, 3.05) is 33.8 Å². The molecule has 8 heteroatoms. The third-order valence-electron chi connectivity index (χ3n) is 5.08. The van der Waals surface area contributed by atoms with E-state index in [0.29, 0.717) is 36.8 Å². The Labute approximate surface area is 186 Å². The van der Waals surface area contributed by atoms with Crippen molar-refractivity contribution in [3.8, 4) is 5.75 Å². The van der Waals surface area contributed by atoms with E-state index in [1.165, 1.54) is 4.90 Å². The Bertz CT molecular complexity index is 1010. The molecule has 1 aromatic carbocycles. The lowest BCUT2D eigenvalue weighted by Gasteiger charge is -2.24. The number of aryl methyl sites for hydroxylation is 1. The van der Waals surface area contributed by atoms with E-state index >= 15 is 0 Å². The Hall–Kier alpha value is -2.77. The number of nitrogens with zero attached hydrogens (tertiary/aromatic N) is 2. The van der Waals surface area contributed by atoms with E-state index in [0.717, 1.165) is 6.54 Å². The summed E-state index contributed by atoms with van der Waals surface area (Å²) in [6.07, 6.45) is 0.664. The largest absolute Gasteiger partial charge is 0.507 e. The van der Waals surface area contributed by atoms with Crippen LogP contribution in [-0.4, -0.2) is 60.4 Å². The predicted octanol–water partition coefficient (Wildman–Crippen LogP) is 4.01. The van der Waals surface area contributed by atoms with Crippen LogP contribution >= 0.6 is 11.6 Å². The van der Waals surface area contributed by atoms with Crippen LogP contribution in [0.25, 0.3) is 5.76 Å². The third kappa shape index (κ3) is 4.78. The van der Waals surface area contributed by atoms with E-state index in [4.69, 9.17) is 20.8 Å². The summed E-state index contributed by atoms with van der Waals surface area (Å²) in [5.41, 5.74) is 0.187. The zero-order chi connectivity index (χ0) is 22.7. The van der Waals surface area contributed by atoms with Crippen LogP contribution in [0, 0.1) is 6.92 Å². The Morgan fingerprint density at radius 3 is 2.61 bits per heavy atom. The monoisotopic (exact) mass is 446 g/mol. The number of aliphatic hydroxyl groups excluding tert-OH is 1. The second kappa shape index (κ2) is 9.58. The number of ether oxygens (including phenoxy) is 1. The summed E-state index contributed by atoms with van der Waals surface area (Å²) in [6.45, 7) is 5.15. The molecule has 2 aromatic rings. The molecule has 3 rings (SSSR count). The van der Waals surface area contributed by atoms with Gasteiger partial charge in [0.25, 0.3) is 11.7 Å². The molecule has 1 amide bonds. The normalized spacial score (nSPS) is 18.3. The number of furan rings is 1. The van der Waals surface area contributed by atoms with Gasteiger partial charge in [-0.15, -0.1) is 0 Å². The van der Waals surface area contributed by atoms with Gasteiger partial charge in [0.15, 0.2) is 0 Å². The van der Waals surface area contributed by atoms with Crippen molar-refractivity contribution >= 4 is 29.1 Å². The van der Waals surface area contributed by atoms with E-state index in [9.17, 15) is 14.7 Å². The van der Waals surface area contributed by atoms with Gasteiger partial charge in [-0.3, -0.25) is 9.59 Å². The van der Waals surface area contributed by atoms with Crippen molar-refractivity contribution in [1.82, 2.24) is 9.80 Å². The van der Waals surface area contributed by atoms with Gasteiger partial charge in [0, 0.05) is 12.1 Å². The summed E-state index contributed by atoms with van der Waals surface area (Å²) in [6, 6.07) is 7.47. The highest BCUT2D eigenvalue weighted by Gasteiger charge is 2.47. The molecule has 1 unspecified atom stereocenters. The van der Waals surface area contributed by atoms with Gasteiger partial charge in [-0.05, 0) is 71.2 Å². The highest BCUT2D eigenvalue weighted by Crippen LogP contribution is 2.41. The van der Waals surface area contributed by atoms with Crippen molar-refractivity contribution in [2.45, 2.75) is 26.3 Å². The number of benzene rings is 1. The topological polar surface area (TPSA) is 83.2 Å². The van der Waals surface area contributed by atoms with Gasteiger partial charge >= 0.3 is 0 Å². The highest BCUT2D eigenvalue weighted by atomic mass is 35.5. The molecule has 31 heavy (non-hydrogen) atoms. The lowest BCUT2D eigenvalue weighted by atomic mass is 9.99. The molecular formula is C23H27ClN2O5. The average molecular weight is 447 g/mol. The molecule has 1 atom stereocenters. The van der Waals surface area contributed by atoms with Gasteiger partial charge in [0.2, 0.25) is 0 Å². The van der Waals surface area contributed by atoms with Gasteiger partial charge in [-0.1, -0.05) is 11.6 Å². The molecule has 0 spiro atoms. The van der Waals surface area contributed by atoms with Crippen LogP contribution in [0.2, 0.25) is 5.02 Å². The van der Waals surface area contributed by atoms with Gasteiger partial charge < -0.3 is 24.1 Å². The van der Waals surface area contributed by atoms with Crippen LogP contribution in [0.3, 0.4) is 0 Å². The van der Waals surface area contributed by atoms with Crippen LogP contribution in [0.1, 0.15) is 36.5 Å². The molecule has 1 N–H and O–H groups in total. The van der Waals surface area contributed by atoms with Crippen LogP contribution < -0.4 is 4.74 Å². The van der Waals surface area contributed by atoms with E-state index in [2.05, 4.69) is 0 Å². The SMILES string of the molecule is CCOc1ccc(Cl)c(/C(O)=C2\C(=O)C(=O)N(CCCN(C)C)C2c2ccc(C)o2)c1. The molecule has 2 heterocycles. The second-order valence-corrected chi connectivity index (χ2v) is 8.08. The van der Waals surface area contributed by atoms with Crippen molar-refractivity contribution in [2.24, 2.45) is 0 Å². The lowest BCUT2D eigenvalue weighted by Crippen LogP contribution is -2.32. The van der Waals surface area contributed by atoms with Gasteiger partial charge in [-0.2, -0.15) is 0 Å². The molecule has 0 aliphatic carbocycles. The van der Waals surface area contributed by atoms with Crippen LogP contribution in [-0.2, 0) is 9.59 Å².